The lowest BCUT2D eigenvalue weighted by atomic mass is 10.0. The van der Waals surface area contributed by atoms with Gasteiger partial charge in [-0.05, 0) is 45.8 Å². The summed E-state index contributed by atoms with van der Waals surface area (Å²) in [5.74, 6) is 0.728. The fraction of sp³-hybridized carbons (Fsp3) is 0.688. The van der Waals surface area contributed by atoms with E-state index in [4.69, 9.17) is 5.73 Å². The molecule has 0 saturated heterocycles. The number of anilines is 2. The van der Waals surface area contributed by atoms with Gasteiger partial charge >= 0.3 is 0 Å². The maximum atomic E-state index is 12.3. The molecular formula is C16H27N3OS. The number of carbonyl (C=O) groups excluding carboxylic acids is 1. The molecule has 0 amide bonds. The van der Waals surface area contributed by atoms with Gasteiger partial charge in [-0.25, -0.2) is 0 Å². The first kappa shape index (κ1) is 16.3. The maximum Gasteiger partial charge on any atom is 0.177 e. The number of nitrogen functional groups attached to an aromatic ring is 1. The van der Waals surface area contributed by atoms with Crippen LogP contribution in [-0.2, 0) is 0 Å². The van der Waals surface area contributed by atoms with Crippen LogP contribution in [0.25, 0.3) is 0 Å². The van der Waals surface area contributed by atoms with E-state index in [1.165, 1.54) is 18.4 Å². The highest BCUT2D eigenvalue weighted by atomic mass is 32.1. The lowest BCUT2D eigenvalue weighted by Crippen LogP contribution is -2.16. The molecule has 0 atom stereocenters. The van der Waals surface area contributed by atoms with Crippen molar-refractivity contribution >= 4 is 27.8 Å². The third kappa shape index (κ3) is 3.98. The first-order valence-electron chi connectivity index (χ1n) is 7.76. The van der Waals surface area contributed by atoms with Crippen molar-refractivity contribution in [3.8, 4) is 0 Å². The molecule has 5 heteroatoms. The van der Waals surface area contributed by atoms with Gasteiger partial charge in [0.1, 0.15) is 0 Å². The SMILES string of the molecule is CC(C)C(=O)c1sc(NCCCN(C)C)c(C2CC2)c1N. The number of nitrogens with two attached hydrogens (primary N) is 1. The van der Waals surface area contributed by atoms with Crippen LogP contribution < -0.4 is 11.1 Å². The van der Waals surface area contributed by atoms with E-state index in [-0.39, 0.29) is 11.7 Å². The van der Waals surface area contributed by atoms with Crippen molar-refractivity contribution in [1.29, 1.82) is 0 Å². The summed E-state index contributed by atoms with van der Waals surface area (Å²) in [7, 11) is 4.16. The first-order chi connectivity index (χ1) is 9.91. The number of ketones is 1. The predicted octanol–water partition coefficient (Wildman–Crippen LogP) is 3.41. The molecule has 3 N–H and O–H groups in total. The number of rotatable bonds is 8. The number of thiophene rings is 1. The Kier molecular flexibility index (Phi) is 5.27. The highest BCUT2D eigenvalue weighted by Gasteiger charge is 2.33. The lowest BCUT2D eigenvalue weighted by Gasteiger charge is -2.11. The van der Waals surface area contributed by atoms with Crippen LogP contribution in [0.4, 0.5) is 10.7 Å². The minimum absolute atomic E-state index is 0.000376. The Hall–Kier alpha value is -1.07. The lowest BCUT2D eigenvalue weighted by molar-refractivity contribution is 0.0944. The monoisotopic (exact) mass is 309 g/mol. The summed E-state index contributed by atoms with van der Waals surface area (Å²) in [6.07, 6.45) is 3.48. The molecule has 1 aromatic heterocycles. The molecule has 118 valence electrons. The molecule has 1 aliphatic carbocycles. The van der Waals surface area contributed by atoms with Gasteiger partial charge in [-0.2, -0.15) is 0 Å². The molecule has 4 nitrogen and oxygen atoms in total. The summed E-state index contributed by atoms with van der Waals surface area (Å²) in [5.41, 5.74) is 8.21. The highest BCUT2D eigenvalue weighted by Crippen LogP contribution is 2.51. The highest BCUT2D eigenvalue weighted by molar-refractivity contribution is 7.18. The molecule has 0 aliphatic heterocycles. The fourth-order valence-electron chi connectivity index (χ4n) is 2.41. The van der Waals surface area contributed by atoms with Crippen LogP contribution >= 0.6 is 11.3 Å². The van der Waals surface area contributed by atoms with Crippen molar-refractivity contribution in [3.63, 3.8) is 0 Å². The summed E-state index contributed by atoms with van der Waals surface area (Å²) in [6, 6.07) is 0. The van der Waals surface area contributed by atoms with Crippen molar-refractivity contribution < 1.29 is 4.79 Å². The molecule has 0 aromatic carbocycles. The van der Waals surface area contributed by atoms with Crippen molar-refractivity contribution in [1.82, 2.24) is 4.90 Å². The van der Waals surface area contributed by atoms with Gasteiger partial charge in [-0.15, -0.1) is 11.3 Å². The molecule has 1 fully saturated rings. The Morgan fingerprint density at radius 2 is 2.10 bits per heavy atom. The predicted molar refractivity (Wildman–Crippen MR) is 91.5 cm³/mol. The van der Waals surface area contributed by atoms with E-state index in [0.29, 0.717) is 5.92 Å². The minimum atomic E-state index is -0.000376. The standard InChI is InChI=1S/C16H27N3OS/c1-10(2)14(20)15-13(17)12(11-6-7-11)16(21-15)18-8-5-9-19(3)4/h10-11,18H,5-9,17H2,1-4H3. The molecule has 1 aliphatic rings. The Labute approximate surface area is 131 Å². The average Bonchev–Trinajstić information content (AvgIpc) is 3.18. The summed E-state index contributed by atoms with van der Waals surface area (Å²) < 4.78 is 0. The van der Waals surface area contributed by atoms with E-state index in [1.54, 1.807) is 11.3 Å². The van der Waals surface area contributed by atoms with Crippen LogP contribution in [0.2, 0.25) is 0 Å². The van der Waals surface area contributed by atoms with E-state index < -0.39 is 0 Å². The van der Waals surface area contributed by atoms with Crippen molar-refractivity contribution in [2.24, 2.45) is 5.92 Å². The zero-order valence-electron chi connectivity index (χ0n) is 13.5. The van der Waals surface area contributed by atoms with E-state index in [2.05, 4.69) is 24.3 Å². The summed E-state index contributed by atoms with van der Waals surface area (Å²) in [6.45, 7) is 5.85. The Bertz CT molecular complexity index is 504. The van der Waals surface area contributed by atoms with Crippen molar-refractivity contribution in [3.05, 3.63) is 10.4 Å². The van der Waals surface area contributed by atoms with Gasteiger partial charge in [-0.1, -0.05) is 13.8 Å². The number of Topliss-reactive ketones (excluding diaryl/α,β-unsaturated/α-hetero) is 1. The molecule has 21 heavy (non-hydrogen) atoms. The van der Waals surface area contributed by atoms with E-state index in [9.17, 15) is 4.79 Å². The minimum Gasteiger partial charge on any atom is -0.397 e. The van der Waals surface area contributed by atoms with Gasteiger partial charge < -0.3 is 16.0 Å². The second kappa shape index (κ2) is 6.79. The summed E-state index contributed by atoms with van der Waals surface area (Å²) in [5, 5.41) is 4.63. The topological polar surface area (TPSA) is 58.4 Å². The Morgan fingerprint density at radius 3 is 2.62 bits per heavy atom. The van der Waals surface area contributed by atoms with Crippen molar-refractivity contribution in [2.45, 2.75) is 39.0 Å². The summed E-state index contributed by atoms with van der Waals surface area (Å²) >= 11 is 1.55. The van der Waals surface area contributed by atoms with Crippen LogP contribution in [0.5, 0.6) is 0 Å². The van der Waals surface area contributed by atoms with Gasteiger partial charge in [0.15, 0.2) is 5.78 Å². The van der Waals surface area contributed by atoms with Gasteiger partial charge in [0, 0.05) is 18.0 Å². The molecular weight excluding hydrogens is 282 g/mol. The molecule has 1 aromatic rings. The summed E-state index contributed by atoms with van der Waals surface area (Å²) in [4.78, 5) is 15.2. The molecule has 0 spiro atoms. The molecule has 2 rings (SSSR count). The number of nitrogens with zero attached hydrogens (tertiary/aromatic N) is 1. The third-order valence-electron chi connectivity index (χ3n) is 3.78. The Balaban J connectivity index is 2.12. The van der Waals surface area contributed by atoms with E-state index >= 15 is 0 Å². The normalized spacial score (nSPS) is 15.0. The Morgan fingerprint density at radius 1 is 1.43 bits per heavy atom. The quantitative estimate of drug-likeness (QED) is 0.571. The zero-order valence-corrected chi connectivity index (χ0v) is 14.3. The molecule has 1 heterocycles. The number of carbonyl (C=O) groups is 1. The zero-order chi connectivity index (χ0) is 15.6. The number of nitrogens with one attached hydrogen (secondary N) is 1. The largest absolute Gasteiger partial charge is 0.397 e. The molecule has 0 radical (unpaired) electrons. The fourth-order valence-corrected chi connectivity index (χ4v) is 3.73. The number of hydrogen-bond acceptors (Lipinski definition) is 5. The van der Waals surface area contributed by atoms with Crippen LogP contribution in [0.15, 0.2) is 0 Å². The number of hydrogen-bond donors (Lipinski definition) is 2. The average molecular weight is 309 g/mol. The van der Waals surface area contributed by atoms with Crippen LogP contribution in [0.1, 0.15) is 54.3 Å². The van der Waals surface area contributed by atoms with Crippen molar-refractivity contribution in [2.75, 3.05) is 38.2 Å². The third-order valence-corrected chi connectivity index (χ3v) is 4.98. The van der Waals surface area contributed by atoms with Crippen LogP contribution in [-0.4, -0.2) is 37.9 Å². The van der Waals surface area contributed by atoms with Crippen LogP contribution in [0.3, 0.4) is 0 Å². The smallest absolute Gasteiger partial charge is 0.177 e. The molecule has 0 bridgehead atoms. The second-order valence-electron chi connectivity index (χ2n) is 6.46. The molecule has 0 unspecified atom stereocenters. The van der Waals surface area contributed by atoms with Gasteiger partial charge in [0.25, 0.3) is 0 Å². The van der Waals surface area contributed by atoms with Gasteiger partial charge in [0.2, 0.25) is 0 Å². The van der Waals surface area contributed by atoms with Gasteiger partial charge in [0.05, 0.1) is 15.6 Å². The van der Waals surface area contributed by atoms with Gasteiger partial charge in [-0.3, -0.25) is 4.79 Å². The molecule has 1 saturated carbocycles. The second-order valence-corrected chi connectivity index (χ2v) is 7.49. The maximum absolute atomic E-state index is 12.3. The van der Waals surface area contributed by atoms with E-state index in [0.717, 1.165) is 35.1 Å². The first-order valence-corrected chi connectivity index (χ1v) is 8.58. The van der Waals surface area contributed by atoms with Crippen LogP contribution in [0, 0.1) is 5.92 Å². The van der Waals surface area contributed by atoms with E-state index in [1.807, 2.05) is 13.8 Å².